The monoisotopic (exact) mass is 494 g/mol. The van der Waals surface area contributed by atoms with Crippen LogP contribution in [0.2, 0.25) is 0 Å². The summed E-state index contributed by atoms with van der Waals surface area (Å²) in [5.41, 5.74) is 1.88. The molecule has 2 aromatic carbocycles. The van der Waals surface area contributed by atoms with Crippen LogP contribution < -0.4 is 0 Å². The van der Waals surface area contributed by atoms with Gasteiger partial charge in [-0.3, -0.25) is 8.37 Å². The quantitative estimate of drug-likeness (QED) is 0.560. The van der Waals surface area contributed by atoms with Crippen molar-refractivity contribution in [3.05, 3.63) is 59.7 Å². The molecule has 0 saturated heterocycles. The van der Waals surface area contributed by atoms with E-state index in [9.17, 15) is 21.9 Å². The van der Waals surface area contributed by atoms with E-state index in [-0.39, 0.29) is 46.7 Å². The zero-order valence-electron chi connectivity index (χ0n) is 18.8. The highest BCUT2D eigenvalue weighted by Crippen LogP contribution is 2.49. The molecule has 2 aromatic rings. The van der Waals surface area contributed by atoms with E-state index in [2.05, 4.69) is 0 Å². The Morgan fingerprint density at radius 3 is 1.67 bits per heavy atom. The second kappa shape index (κ2) is 9.46. The van der Waals surface area contributed by atoms with Crippen LogP contribution in [0, 0.1) is 37.5 Å². The number of aliphatic hydroxyl groups is 1. The van der Waals surface area contributed by atoms with Crippen molar-refractivity contribution in [2.24, 2.45) is 23.7 Å². The molecule has 0 heterocycles. The van der Waals surface area contributed by atoms with Crippen molar-refractivity contribution in [2.75, 3.05) is 13.2 Å². The molecule has 3 unspecified atom stereocenters. The van der Waals surface area contributed by atoms with Gasteiger partial charge in [0.25, 0.3) is 20.2 Å². The van der Waals surface area contributed by atoms with Gasteiger partial charge >= 0.3 is 0 Å². The third kappa shape index (κ3) is 5.33. The molecule has 5 atom stereocenters. The summed E-state index contributed by atoms with van der Waals surface area (Å²) in [5, 5.41) is 10.5. The van der Waals surface area contributed by atoms with Gasteiger partial charge in [0.15, 0.2) is 0 Å². The van der Waals surface area contributed by atoms with E-state index in [1.54, 1.807) is 24.3 Å². The highest BCUT2D eigenvalue weighted by molar-refractivity contribution is 7.87. The van der Waals surface area contributed by atoms with Crippen LogP contribution in [0.3, 0.4) is 0 Å². The van der Waals surface area contributed by atoms with E-state index < -0.39 is 26.3 Å². The third-order valence-corrected chi connectivity index (χ3v) is 9.66. The number of aryl methyl sites for hydroxylation is 2. The summed E-state index contributed by atoms with van der Waals surface area (Å²) in [6.45, 7) is 3.55. The topological polar surface area (TPSA) is 107 Å². The molecule has 33 heavy (non-hydrogen) atoms. The zero-order chi connectivity index (χ0) is 23.8. The Bertz CT molecular complexity index is 1170. The van der Waals surface area contributed by atoms with Gasteiger partial charge in [-0.1, -0.05) is 35.4 Å². The molecule has 0 aliphatic heterocycles. The Morgan fingerprint density at radius 2 is 1.21 bits per heavy atom. The summed E-state index contributed by atoms with van der Waals surface area (Å²) in [6, 6.07) is 12.8. The Hall–Kier alpha value is -1.78. The number of hydrogen-bond acceptors (Lipinski definition) is 7. The van der Waals surface area contributed by atoms with E-state index in [0.29, 0.717) is 6.42 Å². The summed E-state index contributed by atoms with van der Waals surface area (Å²) >= 11 is 0. The molecule has 5 rings (SSSR count). The summed E-state index contributed by atoms with van der Waals surface area (Å²) in [4.78, 5) is 0.160. The second-order valence-corrected chi connectivity index (χ2v) is 12.5. The maximum absolute atomic E-state index is 12.7. The molecule has 3 aliphatic rings. The van der Waals surface area contributed by atoms with Crippen LogP contribution in [0.4, 0.5) is 0 Å². The fourth-order valence-corrected chi connectivity index (χ4v) is 7.03. The van der Waals surface area contributed by atoms with E-state index in [1.165, 1.54) is 24.3 Å². The highest BCUT2D eigenvalue weighted by atomic mass is 32.2. The third-order valence-electron chi connectivity index (χ3n) is 7.07. The number of hydrogen-bond donors (Lipinski definition) is 1. The van der Waals surface area contributed by atoms with Gasteiger partial charge in [0.1, 0.15) is 0 Å². The lowest BCUT2D eigenvalue weighted by Crippen LogP contribution is -2.51. The first kappa shape index (κ1) is 24.3. The lowest BCUT2D eigenvalue weighted by Gasteiger charge is -2.50. The molecule has 0 amide bonds. The molecule has 3 aliphatic carbocycles. The van der Waals surface area contributed by atoms with Gasteiger partial charge in [-0.15, -0.1) is 0 Å². The van der Waals surface area contributed by atoms with Crippen molar-refractivity contribution >= 4 is 20.2 Å². The van der Waals surface area contributed by atoms with Gasteiger partial charge in [-0.2, -0.15) is 16.8 Å². The Labute approximate surface area is 196 Å². The summed E-state index contributed by atoms with van der Waals surface area (Å²) in [6.07, 6.45) is 1.61. The van der Waals surface area contributed by atoms with Crippen LogP contribution in [0.25, 0.3) is 0 Å². The second-order valence-electron chi connectivity index (χ2n) is 9.24. The number of aliphatic hydroxyl groups excluding tert-OH is 1. The van der Waals surface area contributed by atoms with Crippen LogP contribution in [-0.4, -0.2) is 41.3 Å². The molecule has 0 spiro atoms. The van der Waals surface area contributed by atoms with Crippen LogP contribution in [0.15, 0.2) is 58.3 Å². The molecule has 3 fully saturated rings. The van der Waals surface area contributed by atoms with E-state index >= 15 is 0 Å². The van der Waals surface area contributed by atoms with Crippen LogP contribution in [-0.2, 0) is 28.6 Å². The average Bonchev–Trinajstić information content (AvgIpc) is 2.77. The molecule has 1 N–H and O–H groups in total. The molecule has 0 radical (unpaired) electrons. The largest absolute Gasteiger partial charge is 0.393 e. The van der Waals surface area contributed by atoms with Gasteiger partial charge in [0.2, 0.25) is 0 Å². The fraction of sp³-hybridized carbons (Fsp3) is 0.500. The van der Waals surface area contributed by atoms with Gasteiger partial charge in [-0.25, -0.2) is 0 Å². The molecule has 180 valence electrons. The molecular weight excluding hydrogens is 464 g/mol. The maximum atomic E-state index is 12.7. The Balaban J connectivity index is 1.49. The smallest absolute Gasteiger partial charge is 0.296 e. The fourth-order valence-electron chi connectivity index (χ4n) is 5.15. The summed E-state index contributed by atoms with van der Waals surface area (Å²) in [7, 11) is -7.91. The number of fused-ring (bicyclic) bond motifs is 3. The van der Waals surface area contributed by atoms with Gasteiger partial charge in [-0.05, 0) is 81.0 Å². The van der Waals surface area contributed by atoms with Crippen molar-refractivity contribution < 1.29 is 30.3 Å². The maximum Gasteiger partial charge on any atom is 0.296 e. The summed E-state index contributed by atoms with van der Waals surface area (Å²) in [5.74, 6) is -0.644. The lowest BCUT2D eigenvalue weighted by molar-refractivity contribution is -0.0978. The first-order chi connectivity index (χ1) is 15.6. The predicted octanol–water partition coefficient (Wildman–Crippen LogP) is 3.44. The van der Waals surface area contributed by atoms with Crippen LogP contribution in [0.5, 0.6) is 0 Å². The highest BCUT2D eigenvalue weighted by Gasteiger charge is 2.49. The van der Waals surface area contributed by atoms with Crippen molar-refractivity contribution in [3.8, 4) is 0 Å². The zero-order valence-corrected chi connectivity index (χ0v) is 20.4. The van der Waals surface area contributed by atoms with Crippen LogP contribution in [0.1, 0.15) is 30.4 Å². The van der Waals surface area contributed by atoms with Crippen molar-refractivity contribution in [2.45, 2.75) is 49.0 Å². The molecule has 9 heteroatoms. The first-order valence-corrected chi connectivity index (χ1v) is 14.0. The molecular formula is C24H30O7S2. The van der Waals surface area contributed by atoms with E-state index in [0.717, 1.165) is 24.0 Å². The van der Waals surface area contributed by atoms with Crippen molar-refractivity contribution in [1.29, 1.82) is 0 Å². The average molecular weight is 495 g/mol. The minimum atomic E-state index is -3.97. The normalized spacial score (nSPS) is 27.5. The number of rotatable bonds is 8. The number of benzene rings is 2. The van der Waals surface area contributed by atoms with Crippen LogP contribution >= 0.6 is 0 Å². The minimum Gasteiger partial charge on any atom is -0.393 e. The van der Waals surface area contributed by atoms with Gasteiger partial charge < -0.3 is 5.11 Å². The van der Waals surface area contributed by atoms with Gasteiger partial charge in [0, 0.05) is 0 Å². The standard InChI is InChI=1S/C24H30O7S2/c1-16-3-8-19(9-4-16)32(26,27)30-14-22-18-7-12-21(24(25)13-18)23(22)15-31-33(28,29)20-10-5-17(2)6-11-20/h3-6,8-11,18,21-25H,7,12-15H2,1-2H3/t18?,21-,22?,23+,24?/m0/s1. The molecule has 3 saturated carbocycles. The Morgan fingerprint density at radius 1 is 0.758 bits per heavy atom. The summed E-state index contributed by atoms with van der Waals surface area (Å²) < 4.78 is 61.6. The SMILES string of the molecule is Cc1ccc(S(=O)(=O)OCC2C3CC[C@H](C(O)C3)[C@H]2COS(=O)(=O)c2ccc(C)cc2)cc1. The predicted molar refractivity (Wildman–Crippen MR) is 122 cm³/mol. The molecule has 0 aromatic heterocycles. The van der Waals surface area contributed by atoms with E-state index in [4.69, 9.17) is 8.37 Å². The van der Waals surface area contributed by atoms with E-state index in [1.807, 2.05) is 13.8 Å². The first-order valence-electron chi connectivity index (χ1n) is 11.2. The lowest BCUT2D eigenvalue weighted by atomic mass is 9.58. The van der Waals surface area contributed by atoms with Crippen molar-refractivity contribution in [1.82, 2.24) is 0 Å². The molecule has 2 bridgehead atoms. The van der Waals surface area contributed by atoms with Crippen molar-refractivity contribution in [3.63, 3.8) is 0 Å². The van der Waals surface area contributed by atoms with Gasteiger partial charge in [0.05, 0.1) is 29.1 Å². The minimum absolute atomic E-state index is 0.0499. The Kier molecular flexibility index (Phi) is 6.98. The molecule has 7 nitrogen and oxygen atoms in total.